The molecule has 0 bridgehead atoms. The van der Waals surface area contributed by atoms with Gasteiger partial charge in [0.2, 0.25) is 0 Å². The van der Waals surface area contributed by atoms with Crippen molar-refractivity contribution < 1.29 is 19.4 Å². The number of aromatic nitrogens is 5. The molecule has 7 aromatic rings. The summed E-state index contributed by atoms with van der Waals surface area (Å²) in [6.07, 6.45) is 3.79. The maximum Gasteiger partial charge on any atom is 0.352 e. The number of hydrogen-bond acceptors (Lipinski definition) is 5. The lowest BCUT2D eigenvalue weighted by molar-refractivity contribution is 0.0686. The summed E-state index contributed by atoms with van der Waals surface area (Å²) in [6, 6.07) is 17.3. The third-order valence-corrected chi connectivity index (χ3v) is 12.7. The molecule has 5 heterocycles. The highest BCUT2D eigenvalue weighted by molar-refractivity contribution is 6.35. The Kier molecular flexibility index (Phi) is 10.6. The molecule has 1 amide bonds. The standard InChI is InChI=1S/C47H48Cl2N6O4/c1-9-31-14-15-50-33(21-31)24-53-39(47(57)58)22-32-17-25(2)18-38(43(32)53)54-23-28(5)55-44-36(12-13-37(48)41(44)40-29(6)51-52(8)30(40)7)35(45(55)46(54)56)11-10-16-59-34-19-26(3)42(49)27(4)20-34/h12-15,17-22,28H,9-11,16,23-24H2,1-8H3,(H,57,58). The Morgan fingerprint density at radius 2 is 1.71 bits per heavy atom. The average molecular weight is 832 g/mol. The van der Waals surface area contributed by atoms with E-state index in [1.165, 1.54) is 0 Å². The number of carbonyl (C=O) groups is 2. The van der Waals surface area contributed by atoms with E-state index in [1.807, 2.05) is 99.8 Å². The molecule has 0 fully saturated rings. The van der Waals surface area contributed by atoms with Gasteiger partial charge in [-0.1, -0.05) is 36.2 Å². The van der Waals surface area contributed by atoms with Gasteiger partial charge in [0.25, 0.3) is 5.91 Å². The number of aryl methyl sites for hydroxylation is 7. The first kappa shape index (κ1) is 40.2. The van der Waals surface area contributed by atoms with Crippen molar-refractivity contribution in [2.75, 3.05) is 18.1 Å². The summed E-state index contributed by atoms with van der Waals surface area (Å²) in [7, 11) is 1.93. The molecule has 0 radical (unpaired) electrons. The monoisotopic (exact) mass is 830 g/mol. The molecule has 8 rings (SSSR count). The van der Waals surface area contributed by atoms with Crippen LogP contribution in [0.5, 0.6) is 5.75 Å². The number of pyridine rings is 1. The quantitative estimate of drug-likeness (QED) is 0.130. The van der Waals surface area contributed by atoms with Crippen molar-refractivity contribution in [3.63, 3.8) is 0 Å². The number of ether oxygens (including phenoxy) is 1. The van der Waals surface area contributed by atoms with Crippen molar-refractivity contribution in [1.82, 2.24) is 23.9 Å². The number of benzene rings is 3. The second kappa shape index (κ2) is 15.5. The van der Waals surface area contributed by atoms with Crippen molar-refractivity contribution in [3.8, 4) is 16.9 Å². The van der Waals surface area contributed by atoms with Crippen LogP contribution < -0.4 is 9.64 Å². The van der Waals surface area contributed by atoms with Gasteiger partial charge >= 0.3 is 5.97 Å². The maximum absolute atomic E-state index is 15.5. The molecule has 12 heteroatoms. The highest BCUT2D eigenvalue weighted by atomic mass is 35.5. The number of nitrogens with zero attached hydrogens (tertiary/aromatic N) is 6. The van der Waals surface area contributed by atoms with E-state index in [0.717, 1.165) is 89.5 Å². The van der Waals surface area contributed by atoms with Gasteiger partial charge in [-0.25, -0.2) is 4.79 Å². The summed E-state index contributed by atoms with van der Waals surface area (Å²) in [4.78, 5) is 34.8. The van der Waals surface area contributed by atoms with Crippen LogP contribution in [0.4, 0.5) is 5.69 Å². The molecule has 59 heavy (non-hydrogen) atoms. The minimum Gasteiger partial charge on any atom is -0.494 e. The number of carbonyl (C=O) groups excluding carboxylic acids is 1. The van der Waals surface area contributed by atoms with Gasteiger partial charge in [-0.05, 0) is 137 Å². The maximum atomic E-state index is 15.5. The van der Waals surface area contributed by atoms with Gasteiger partial charge in [-0.3, -0.25) is 14.5 Å². The Hall–Kier alpha value is -5.58. The molecular weight excluding hydrogens is 783 g/mol. The second-order valence-electron chi connectivity index (χ2n) is 15.9. The molecule has 0 saturated carbocycles. The van der Waals surface area contributed by atoms with Crippen LogP contribution in [0.2, 0.25) is 10.0 Å². The van der Waals surface area contributed by atoms with Crippen LogP contribution in [-0.4, -0.2) is 54.0 Å². The predicted molar refractivity (Wildman–Crippen MR) is 236 cm³/mol. The van der Waals surface area contributed by atoms with Crippen molar-refractivity contribution in [1.29, 1.82) is 0 Å². The minimum absolute atomic E-state index is 0.135. The minimum atomic E-state index is -1.05. The molecule has 0 saturated heterocycles. The summed E-state index contributed by atoms with van der Waals surface area (Å²) in [6.45, 7) is 15.2. The Labute approximate surface area is 353 Å². The molecule has 1 unspecified atom stereocenters. The third-order valence-electron chi connectivity index (χ3n) is 11.8. The van der Waals surface area contributed by atoms with E-state index in [0.29, 0.717) is 47.9 Å². The van der Waals surface area contributed by atoms with E-state index < -0.39 is 5.97 Å². The van der Waals surface area contributed by atoms with E-state index in [4.69, 9.17) is 33.0 Å². The van der Waals surface area contributed by atoms with E-state index in [1.54, 1.807) is 16.8 Å². The average Bonchev–Trinajstić information content (AvgIpc) is 3.81. The van der Waals surface area contributed by atoms with Gasteiger partial charge in [0, 0.05) is 58.4 Å². The molecular formula is C47H48Cl2N6O4. The van der Waals surface area contributed by atoms with Gasteiger partial charge < -0.3 is 23.9 Å². The number of hydrogen-bond donors (Lipinski definition) is 1. The summed E-state index contributed by atoms with van der Waals surface area (Å²) in [5.74, 6) is -0.457. The number of aromatic carboxylic acids is 1. The third kappa shape index (κ3) is 6.96. The lowest BCUT2D eigenvalue weighted by Crippen LogP contribution is -2.43. The molecule has 4 aromatic heterocycles. The number of rotatable bonds is 11. The Morgan fingerprint density at radius 3 is 2.39 bits per heavy atom. The van der Waals surface area contributed by atoms with Gasteiger partial charge in [-0.15, -0.1) is 0 Å². The van der Waals surface area contributed by atoms with Gasteiger partial charge in [0.15, 0.2) is 0 Å². The smallest absolute Gasteiger partial charge is 0.352 e. The molecule has 1 atom stereocenters. The largest absolute Gasteiger partial charge is 0.494 e. The van der Waals surface area contributed by atoms with Gasteiger partial charge in [-0.2, -0.15) is 5.10 Å². The first-order valence-electron chi connectivity index (χ1n) is 20.1. The molecule has 1 aliphatic heterocycles. The Balaban J connectivity index is 1.29. The summed E-state index contributed by atoms with van der Waals surface area (Å²) in [5, 5.41) is 18.3. The van der Waals surface area contributed by atoms with Crippen LogP contribution in [0.15, 0.2) is 60.8 Å². The van der Waals surface area contributed by atoms with Gasteiger partial charge in [0.1, 0.15) is 17.1 Å². The summed E-state index contributed by atoms with van der Waals surface area (Å²) in [5.41, 5.74) is 12.2. The number of fused-ring (bicyclic) bond motifs is 4. The van der Waals surface area contributed by atoms with Crippen molar-refractivity contribution in [2.24, 2.45) is 7.05 Å². The molecule has 10 nitrogen and oxygen atoms in total. The first-order valence-corrected chi connectivity index (χ1v) is 20.8. The first-order chi connectivity index (χ1) is 28.2. The van der Waals surface area contributed by atoms with E-state index in [2.05, 4.69) is 23.4 Å². The fraction of sp³-hybridized carbons (Fsp3) is 0.319. The lowest BCUT2D eigenvalue weighted by atomic mass is 9.98. The van der Waals surface area contributed by atoms with Gasteiger partial charge in [0.05, 0.1) is 46.3 Å². The lowest BCUT2D eigenvalue weighted by Gasteiger charge is -2.35. The number of carboxylic acid groups (broad SMARTS) is 1. The van der Waals surface area contributed by atoms with E-state index >= 15 is 4.79 Å². The fourth-order valence-corrected chi connectivity index (χ4v) is 9.37. The summed E-state index contributed by atoms with van der Waals surface area (Å²) >= 11 is 13.6. The van der Waals surface area contributed by atoms with Crippen molar-refractivity contribution in [2.45, 2.75) is 80.3 Å². The SMILES string of the molecule is CCc1ccnc(Cn2c(C(=O)O)cc3cc(C)cc(N4CC(C)n5c(c(CCCOc6cc(C)c(Cl)c(C)c6)c6ccc(Cl)c(-c7c(C)nn(C)c7C)c65)C4=O)c32)c1. The number of carboxylic acids is 1. The van der Waals surface area contributed by atoms with Crippen LogP contribution in [-0.2, 0) is 26.4 Å². The highest BCUT2D eigenvalue weighted by Crippen LogP contribution is 2.46. The van der Waals surface area contributed by atoms with Crippen molar-refractivity contribution in [3.05, 3.63) is 127 Å². The van der Waals surface area contributed by atoms with Crippen LogP contribution in [0.25, 0.3) is 32.9 Å². The zero-order valence-electron chi connectivity index (χ0n) is 34.7. The Bertz CT molecular complexity index is 2830. The van der Waals surface area contributed by atoms with Crippen LogP contribution in [0.1, 0.15) is 92.2 Å². The Morgan fingerprint density at radius 1 is 0.966 bits per heavy atom. The van der Waals surface area contributed by atoms with Crippen LogP contribution in [0.3, 0.4) is 0 Å². The zero-order valence-corrected chi connectivity index (χ0v) is 36.2. The van der Waals surface area contributed by atoms with Crippen LogP contribution >= 0.6 is 23.2 Å². The molecule has 304 valence electrons. The second-order valence-corrected chi connectivity index (χ2v) is 16.7. The molecule has 1 N–H and O–H groups in total. The van der Waals surface area contributed by atoms with Crippen molar-refractivity contribution >= 4 is 62.6 Å². The fourth-order valence-electron chi connectivity index (χ4n) is 9.02. The van der Waals surface area contributed by atoms with E-state index in [9.17, 15) is 9.90 Å². The van der Waals surface area contributed by atoms with Crippen LogP contribution in [0, 0.1) is 34.6 Å². The molecule has 0 spiro atoms. The van der Waals surface area contributed by atoms with E-state index in [-0.39, 0.29) is 24.2 Å². The number of halogens is 2. The zero-order chi connectivity index (χ0) is 42.0. The number of anilines is 1. The summed E-state index contributed by atoms with van der Waals surface area (Å²) < 4.78 is 12.1. The predicted octanol–water partition coefficient (Wildman–Crippen LogP) is 10.8. The number of amides is 1. The highest BCUT2D eigenvalue weighted by Gasteiger charge is 2.38. The molecule has 3 aromatic carbocycles. The normalized spacial score (nSPS) is 14.2. The molecule has 1 aliphatic rings. The topological polar surface area (TPSA) is 107 Å². The molecule has 0 aliphatic carbocycles.